The summed E-state index contributed by atoms with van der Waals surface area (Å²) < 4.78 is 10.2. The number of carbonyl (C=O) groups excluding carboxylic acids is 2. The Hall–Kier alpha value is -1.10. The Morgan fingerprint density at radius 2 is 1.85 bits per heavy atom. The van der Waals surface area contributed by atoms with E-state index in [1.165, 1.54) is 0 Å². The number of ether oxygens (including phenoxy) is 2. The van der Waals surface area contributed by atoms with Crippen molar-refractivity contribution in [2.24, 2.45) is 5.41 Å². The highest BCUT2D eigenvalue weighted by atomic mass is 16.6. The maximum atomic E-state index is 11.7. The average Bonchev–Trinajstić information content (AvgIpc) is 3.10. The average molecular weight is 285 g/mol. The summed E-state index contributed by atoms with van der Waals surface area (Å²) in [5.74, 6) is -0.410. The van der Waals surface area contributed by atoms with E-state index in [-0.39, 0.29) is 30.1 Å². The van der Waals surface area contributed by atoms with E-state index in [0.29, 0.717) is 6.54 Å². The molecule has 20 heavy (non-hydrogen) atoms. The van der Waals surface area contributed by atoms with Crippen molar-refractivity contribution in [1.82, 2.24) is 5.32 Å². The summed E-state index contributed by atoms with van der Waals surface area (Å²) in [7, 11) is 1.69. The molecule has 0 aromatic heterocycles. The molecule has 0 aliphatic heterocycles. The van der Waals surface area contributed by atoms with Gasteiger partial charge in [-0.1, -0.05) is 0 Å². The van der Waals surface area contributed by atoms with Crippen LogP contribution in [0, 0.1) is 5.41 Å². The van der Waals surface area contributed by atoms with Gasteiger partial charge in [0.25, 0.3) is 0 Å². The lowest BCUT2D eigenvalue weighted by Crippen LogP contribution is -2.31. The van der Waals surface area contributed by atoms with Crippen LogP contribution in [0.25, 0.3) is 0 Å². The second kappa shape index (κ2) is 7.07. The number of methoxy groups -OCH3 is 1. The second-order valence-corrected chi connectivity index (χ2v) is 6.61. The maximum Gasteiger partial charge on any atom is 0.306 e. The van der Waals surface area contributed by atoms with E-state index in [4.69, 9.17) is 9.47 Å². The fraction of sp³-hybridized carbons (Fsp3) is 0.867. The molecule has 116 valence electrons. The lowest BCUT2D eigenvalue weighted by atomic mass is 10.0. The van der Waals surface area contributed by atoms with Gasteiger partial charge >= 0.3 is 5.97 Å². The molecular formula is C15H27NO4. The van der Waals surface area contributed by atoms with Crippen LogP contribution in [0.5, 0.6) is 0 Å². The number of carbonyl (C=O) groups is 2. The summed E-state index contributed by atoms with van der Waals surface area (Å²) in [6.45, 7) is 6.87. The molecule has 1 N–H and O–H groups in total. The Kier molecular flexibility index (Phi) is 5.99. The van der Waals surface area contributed by atoms with Crippen LogP contribution in [0.4, 0.5) is 0 Å². The summed E-state index contributed by atoms with van der Waals surface area (Å²) >= 11 is 0. The number of rotatable bonds is 8. The van der Waals surface area contributed by atoms with E-state index >= 15 is 0 Å². The molecule has 1 saturated carbocycles. The van der Waals surface area contributed by atoms with E-state index in [9.17, 15) is 9.59 Å². The molecule has 0 bridgehead atoms. The largest absolute Gasteiger partial charge is 0.460 e. The number of esters is 1. The first-order valence-electron chi connectivity index (χ1n) is 7.24. The molecule has 0 unspecified atom stereocenters. The molecule has 1 rings (SSSR count). The third-order valence-corrected chi connectivity index (χ3v) is 3.43. The Morgan fingerprint density at radius 1 is 1.20 bits per heavy atom. The van der Waals surface area contributed by atoms with Gasteiger partial charge in [0.15, 0.2) is 0 Å². The standard InChI is InChI=1S/C15H27NO4/c1-14(2,3)20-13(18)6-5-12(17)16-11-15(7-8-15)9-10-19-4/h5-11H2,1-4H3,(H,16,17). The van der Waals surface area contributed by atoms with Gasteiger partial charge in [-0.25, -0.2) is 0 Å². The fourth-order valence-corrected chi connectivity index (χ4v) is 1.99. The smallest absolute Gasteiger partial charge is 0.306 e. The normalized spacial score (nSPS) is 16.6. The monoisotopic (exact) mass is 285 g/mol. The Morgan fingerprint density at radius 3 is 2.35 bits per heavy atom. The number of hydrogen-bond donors (Lipinski definition) is 1. The van der Waals surface area contributed by atoms with Crippen LogP contribution in [-0.4, -0.2) is 37.7 Å². The first kappa shape index (κ1) is 17.0. The lowest BCUT2D eigenvalue weighted by molar-refractivity contribution is -0.155. The summed E-state index contributed by atoms with van der Waals surface area (Å²) in [5, 5.41) is 2.91. The predicted molar refractivity (Wildman–Crippen MR) is 76.2 cm³/mol. The predicted octanol–water partition coefficient (Wildman–Crippen LogP) is 2.04. The van der Waals surface area contributed by atoms with Crippen molar-refractivity contribution < 1.29 is 19.1 Å². The number of nitrogens with one attached hydrogen (secondary N) is 1. The molecule has 1 amide bonds. The number of hydrogen-bond acceptors (Lipinski definition) is 4. The molecule has 0 atom stereocenters. The zero-order chi connectivity index (χ0) is 15.2. The first-order valence-corrected chi connectivity index (χ1v) is 7.24. The van der Waals surface area contributed by atoms with Crippen molar-refractivity contribution in [3.8, 4) is 0 Å². The molecule has 0 spiro atoms. The van der Waals surface area contributed by atoms with E-state index in [1.807, 2.05) is 20.8 Å². The zero-order valence-corrected chi connectivity index (χ0v) is 13.1. The van der Waals surface area contributed by atoms with Crippen molar-refractivity contribution in [2.75, 3.05) is 20.3 Å². The minimum Gasteiger partial charge on any atom is -0.460 e. The highest BCUT2D eigenvalue weighted by Crippen LogP contribution is 2.48. The molecule has 1 aliphatic rings. The van der Waals surface area contributed by atoms with Gasteiger partial charge < -0.3 is 14.8 Å². The Labute approximate surface area is 121 Å². The van der Waals surface area contributed by atoms with Gasteiger partial charge in [-0.2, -0.15) is 0 Å². The number of amides is 1. The van der Waals surface area contributed by atoms with E-state index < -0.39 is 5.60 Å². The molecule has 5 heteroatoms. The molecule has 1 fully saturated rings. The minimum atomic E-state index is -0.494. The van der Waals surface area contributed by atoms with Crippen LogP contribution >= 0.6 is 0 Å². The van der Waals surface area contributed by atoms with Crippen LogP contribution in [0.2, 0.25) is 0 Å². The van der Waals surface area contributed by atoms with Gasteiger partial charge in [0.1, 0.15) is 5.60 Å². The topological polar surface area (TPSA) is 64.6 Å². The third-order valence-electron chi connectivity index (χ3n) is 3.43. The second-order valence-electron chi connectivity index (χ2n) is 6.61. The van der Waals surface area contributed by atoms with E-state index in [1.54, 1.807) is 7.11 Å². The third kappa shape index (κ3) is 6.89. The fourth-order valence-electron chi connectivity index (χ4n) is 1.99. The van der Waals surface area contributed by atoms with Gasteiger partial charge in [-0.3, -0.25) is 9.59 Å². The highest BCUT2D eigenvalue weighted by molar-refractivity contribution is 5.81. The van der Waals surface area contributed by atoms with E-state index in [0.717, 1.165) is 25.9 Å². The van der Waals surface area contributed by atoms with Crippen molar-refractivity contribution in [3.63, 3.8) is 0 Å². The maximum absolute atomic E-state index is 11.7. The van der Waals surface area contributed by atoms with E-state index in [2.05, 4.69) is 5.32 Å². The summed E-state index contributed by atoms with van der Waals surface area (Å²) in [6.07, 6.45) is 3.59. The van der Waals surface area contributed by atoms with Crippen LogP contribution in [0.3, 0.4) is 0 Å². The molecule has 0 radical (unpaired) electrons. The van der Waals surface area contributed by atoms with Crippen LogP contribution in [0.1, 0.15) is 52.9 Å². The molecule has 0 aromatic rings. The summed E-state index contributed by atoms with van der Waals surface area (Å²) in [4.78, 5) is 23.2. The summed E-state index contributed by atoms with van der Waals surface area (Å²) in [6, 6.07) is 0. The van der Waals surface area contributed by atoms with Crippen LogP contribution in [-0.2, 0) is 19.1 Å². The van der Waals surface area contributed by atoms with Gasteiger partial charge in [0.2, 0.25) is 5.91 Å². The van der Waals surface area contributed by atoms with Gasteiger partial charge in [-0.15, -0.1) is 0 Å². The molecule has 0 heterocycles. The van der Waals surface area contributed by atoms with Crippen molar-refractivity contribution >= 4 is 11.9 Å². The van der Waals surface area contributed by atoms with Crippen molar-refractivity contribution in [1.29, 1.82) is 0 Å². The molecule has 0 saturated heterocycles. The van der Waals surface area contributed by atoms with Gasteiger partial charge in [0, 0.05) is 26.7 Å². The van der Waals surface area contributed by atoms with Gasteiger partial charge in [-0.05, 0) is 45.4 Å². The molecule has 0 aromatic carbocycles. The highest BCUT2D eigenvalue weighted by Gasteiger charge is 2.42. The minimum absolute atomic E-state index is 0.0837. The van der Waals surface area contributed by atoms with Gasteiger partial charge in [0.05, 0.1) is 6.42 Å². The SMILES string of the molecule is COCCC1(CNC(=O)CCC(=O)OC(C)(C)C)CC1. The van der Waals surface area contributed by atoms with Crippen molar-refractivity contribution in [2.45, 2.75) is 58.5 Å². The van der Waals surface area contributed by atoms with Crippen molar-refractivity contribution in [3.05, 3.63) is 0 Å². The molecule has 5 nitrogen and oxygen atoms in total. The zero-order valence-electron chi connectivity index (χ0n) is 13.1. The summed E-state index contributed by atoms with van der Waals surface area (Å²) in [5.41, 5.74) is -0.261. The van der Waals surface area contributed by atoms with Crippen LogP contribution < -0.4 is 5.32 Å². The Bertz CT molecular complexity index is 342. The molecule has 1 aliphatic carbocycles. The van der Waals surface area contributed by atoms with Crippen LogP contribution in [0.15, 0.2) is 0 Å². The molecular weight excluding hydrogens is 258 g/mol. The first-order chi connectivity index (χ1) is 9.26. The quantitative estimate of drug-likeness (QED) is 0.693. The lowest BCUT2D eigenvalue weighted by Gasteiger charge is -2.19. The Balaban J connectivity index is 2.16.